The van der Waals surface area contributed by atoms with Gasteiger partial charge in [-0.15, -0.1) is 0 Å². The van der Waals surface area contributed by atoms with Crippen molar-refractivity contribution in [3.8, 4) is 6.07 Å². The number of hydrogen-bond donors (Lipinski definition) is 1. The predicted octanol–water partition coefficient (Wildman–Crippen LogP) is 3.99. The number of nitrogens with one attached hydrogen (secondary N) is 1. The maximum Gasteiger partial charge on any atom is 0.254 e. The van der Waals surface area contributed by atoms with Gasteiger partial charge in [-0.2, -0.15) is 5.26 Å². The molecule has 2 atom stereocenters. The third kappa shape index (κ3) is 4.43. The van der Waals surface area contributed by atoms with E-state index in [0.717, 1.165) is 6.07 Å². The van der Waals surface area contributed by atoms with E-state index in [-0.39, 0.29) is 16.4 Å². The molecule has 0 saturated carbocycles. The van der Waals surface area contributed by atoms with Gasteiger partial charge >= 0.3 is 0 Å². The zero-order valence-electron chi connectivity index (χ0n) is 13.7. The third-order valence-corrected chi connectivity index (χ3v) is 4.23. The number of rotatable bonds is 5. The number of amides is 1. The smallest absolute Gasteiger partial charge is 0.254 e. The Labute approximate surface area is 150 Å². The summed E-state index contributed by atoms with van der Waals surface area (Å²) in [5.74, 6) is -2.02. The number of carbonyl (C=O) groups excluding carboxylic acids is 2. The number of halogens is 2. The van der Waals surface area contributed by atoms with Crippen molar-refractivity contribution < 1.29 is 14.0 Å². The van der Waals surface area contributed by atoms with Crippen molar-refractivity contribution in [3.63, 3.8) is 0 Å². The minimum absolute atomic E-state index is 0.130. The van der Waals surface area contributed by atoms with Gasteiger partial charge in [-0.05, 0) is 37.3 Å². The van der Waals surface area contributed by atoms with Crippen LogP contribution in [0.3, 0.4) is 0 Å². The fraction of sp³-hybridized carbons (Fsp3) is 0.211. The molecule has 1 amide bonds. The molecule has 128 valence electrons. The molecule has 0 spiro atoms. The van der Waals surface area contributed by atoms with Crippen LogP contribution in [0.25, 0.3) is 0 Å². The lowest BCUT2D eigenvalue weighted by atomic mass is 9.92. The van der Waals surface area contributed by atoms with E-state index in [1.54, 1.807) is 38.1 Å². The van der Waals surface area contributed by atoms with Gasteiger partial charge in [0.15, 0.2) is 5.78 Å². The highest BCUT2D eigenvalue weighted by Gasteiger charge is 2.24. The standard InChI is InChI=1S/C19H16ClFN2O2/c1-11(18(24)14-5-3-13(10-22)4-6-14)12(2)23-19(25)16-8-7-15(20)9-17(16)21/h3-9,11-12H,1-2H3,(H,23,25). The summed E-state index contributed by atoms with van der Waals surface area (Å²) in [5.41, 5.74) is 0.781. The minimum atomic E-state index is -0.719. The van der Waals surface area contributed by atoms with E-state index in [9.17, 15) is 14.0 Å². The summed E-state index contributed by atoms with van der Waals surface area (Å²) in [7, 11) is 0. The van der Waals surface area contributed by atoms with E-state index in [1.165, 1.54) is 12.1 Å². The van der Waals surface area contributed by atoms with E-state index in [0.29, 0.717) is 11.1 Å². The average Bonchev–Trinajstić information content (AvgIpc) is 2.60. The normalized spacial score (nSPS) is 12.8. The van der Waals surface area contributed by atoms with Crippen molar-refractivity contribution in [3.05, 3.63) is 70.0 Å². The molecule has 0 bridgehead atoms. The van der Waals surface area contributed by atoms with Crippen LogP contribution < -0.4 is 5.32 Å². The molecule has 0 fully saturated rings. The second kappa shape index (κ2) is 7.91. The Hall–Kier alpha value is -2.71. The van der Waals surface area contributed by atoms with Gasteiger partial charge in [0.2, 0.25) is 0 Å². The summed E-state index contributed by atoms with van der Waals surface area (Å²) in [6.45, 7) is 3.36. The van der Waals surface area contributed by atoms with Crippen LogP contribution in [0.5, 0.6) is 0 Å². The maximum absolute atomic E-state index is 13.8. The van der Waals surface area contributed by atoms with Crippen molar-refractivity contribution in [1.82, 2.24) is 5.32 Å². The predicted molar refractivity (Wildman–Crippen MR) is 93.0 cm³/mol. The summed E-state index contributed by atoms with van der Waals surface area (Å²) < 4.78 is 13.8. The summed E-state index contributed by atoms with van der Waals surface area (Å²) in [6.07, 6.45) is 0. The molecular weight excluding hydrogens is 343 g/mol. The lowest BCUT2D eigenvalue weighted by Crippen LogP contribution is -2.40. The Morgan fingerprint density at radius 2 is 1.80 bits per heavy atom. The summed E-state index contributed by atoms with van der Waals surface area (Å²) in [6, 6.07) is 11.5. The Kier molecular flexibility index (Phi) is 5.89. The van der Waals surface area contributed by atoms with Gasteiger partial charge in [-0.25, -0.2) is 4.39 Å². The molecule has 0 saturated heterocycles. The molecular formula is C19H16ClFN2O2. The molecule has 0 aliphatic carbocycles. The number of nitriles is 1. The van der Waals surface area contributed by atoms with Gasteiger partial charge in [0.05, 0.1) is 17.2 Å². The Bertz CT molecular complexity index is 843. The second-order valence-electron chi connectivity index (χ2n) is 5.73. The average molecular weight is 359 g/mol. The molecule has 0 heterocycles. The van der Waals surface area contributed by atoms with Crippen LogP contribution in [0.4, 0.5) is 4.39 Å². The van der Waals surface area contributed by atoms with Crippen molar-refractivity contribution in [2.45, 2.75) is 19.9 Å². The molecule has 0 aromatic heterocycles. The molecule has 4 nitrogen and oxygen atoms in total. The Morgan fingerprint density at radius 3 is 2.36 bits per heavy atom. The molecule has 2 aromatic carbocycles. The van der Waals surface area contributed by atoms with Crippen LogP contribution in [0.2, 0.25) is 5.02 Å². The van der Waals surface area contributed by atoms with Crippen LogP contribution >= 0.6 is 11.6 Å². The number of benzene rings is 2. The van der Waals surface area contributed by atoms with Crippen LogP contribution in [0.15, 0.2) is 42.5 Å². The molecule has 1 N–H and O–H groups in total. The van der Waals surface area contributed by atoms with E-state index < -0.39 is 23.7 Å². The topological polar surface area (TPSA) is 70.0 Å². The summed E-state index contributed by atoms with van der Waals surface area (Å²) >= 11 is 5.67. The second-order valence-corrected chi connectivity index (χ2v) is 6.16. The molecule has 2 aromatic rings. The highest BCUT2D eigenvalue weighted by molar-refractivity contribution is 6.30. The Morgan fingerprint density at radius 1 is 1.16 bits per heavy atom. The van der Waals surface area contributed by atoms with Gasteiger partial charge in [0.1, 0.15) is 5.82 Å². The number of nitrogens with zero attached hydrogens (tertiary/aromatic N) is 1. The monoisotopic (exact) mass is 358 g/mol. The van der Waals surface area contributed by atoms with Gasteiger partial charge in [0, 0.05) is 22.5 Å². The van der Waals surface area contributed by atoms with E-state index >= 15 is 0 Å². The SMILES string of the molecule is CC(NC(=O)c1ccc(Cl)cc1F)C(C)C(=O)c1ccc(C#N)cc1. The first-order valence-corrected chi connectivity index (χ1v) is 8.01. The van der Waals surface area contributed by atoms with Crippen LogP contribution in [0, 0.1) is 23.1 Å². The molecule has 25 heavy (non-hydrogen) atoms. The molecule has 2 rings (SSSR count). The van der Waals surface area contributed by atoms with Crippen molar-refractivity contribution >= 4 is 23.3 Å². The number of carbonyl (C=O) groups is 2. The summed E-state index contributed by atoms with van der Waals surface area (Å²) in [5, 5.41) is 11.6. The Balaban J connectivity index is 2.08. The van der Waals surface area contributed by atoms with E-state index in [1.807, 2.05) is 6.07 Å². The van der Waals surface area contributed by atoms with Gasteiger partial charge < -0.3 is 5.32 Å². The van der Waals surface area contributed by atoms with Crippen LogP contribution in [0.1, 0.15) is 40.1 Å². The van der Waals surface area contributed by atoms with Crippen LogP contribution in [-0.4, -0.2) is 17.7 Å². The van der Waals surface area contributed by atoms with Gasteiger partial charge in [-0.3, -0.25) is 9.59 Å². The maximum atomic E-state index is 13.8. The number of ketones is 1. The lowest BCUT2D eigenvalue weighted by Gasteiger charge is -2.20. The molecule has 6 heteroatoms. The van der Waals surface area contributed by atoms with Crippen molar-refractivity contribution in [2.24, 2.45) is 5.92 Å². The molecule has 2 unspecified atom stereocenters. The lowest BCUT2D eigenvalue weighted by molar-refractivity contribution is 0.0867. The highest BCUT2D eigenvalue weighted by Crippen LogP contribution is 2.17. The fourth-order valence-electron chi connectivity index (χ4n) is 2.28. The minimum Gasteiger partial charge on any atom is -0.349 e. The van der Waals surface area contributed by atoms with Crippen molar-refractivity contribution in [1.29, 1.82) is 5.26 Å². The quantitative estimate of drug-likeness (QED) is 0.821. The van der Waals surface area contributed by atoms with Gasteiger partial charge in [-0.1, -0.05) is 30.7 Å². The van der Waals surface area contributed by atoms with E-state index in [2.05, 4.69) is 5.32 Å². The zero-order chi connectivity index (χ0) is 18.6. The first-order chi connectivity index (χ1) is 11.8. The number of hydrogen-bond acceptors (Lipinski definition) is 3. The molecule has 0 radical (unpaired) electrons. The van der Waals surface area contributed by atoms with E-state index in [4.69, 9.17) is 16.9 Å². The van der Waals surface area contributed by atoms with Crippen molar-refractivity contribution in [2.75, 3.05) is 0 Å². The molecule has 0 aliphatic heterocycles. The largest absolute Gasteiger partial charge is 0.349 e. The highest BCUT2D eigenvalue weighted by atomic mass is 35.5. The zero-order valence-corrected chi connectivity index (χ0v) is 14.5. The third-order valence-electron chi connectivity index (χ3n) is 4.00. The molecule has 0 aliphatic rings. The fourth-order valence-corrected chi connectivity index (χ4v) is 2.44. The summed E-state index contributed by atoms with van der Waals surface area (Å²) in [4.78, 5) is 24.7. The van der Waals surface area contributed by atoms with Gasteiger partial charge in [0.25, 0.3) is 5.91 Å². The first kappa shape index (κ1) is 18.6. The van der Waals surface area contributed by atoms with Crippen LogP contribution in [-0.2, 0) is 0 Å². The first-order valence-electron chi connectivity index (χ1n) is 7.63. The number of Topliss-reactive ketones (excluding diaryl/α,β-unsaturated/α-hetero) is 1.